The van der Waals surface area contributed by atoms with E-state index in [2.05, 4.69) is 36.5 Å². The fourth-order valence-electron chi connectivity index (χ4n) is 1.54. The molecule has 0 spiro atoms. The standard InChI is InChI=1S/C14H23NO2/c1-4-16-11-13(3)17-9-8-15-14-7-5-6-12(2)10-14/h5-7,10,13,15H,4,8-9,11H2,1-3H3. The molecule has 0 aromatic heterocycles. The van der Waals surface area contributed by atoms with Crippen molar-refractivity contribution in [1.29, 1.82) is 0 Å². The van der Waals surface area contributed by atoms with E-state index >= 15 is 0 Å². The number of nitrogens with one attached hydrogen (secondary N) is 1. The van der Waals surface area contributed by atoms with Crippen molar-refractivity contribution in [1.82, 2.24) is 0 Å². The first-order valence-corrected chi connectivity index (χ1v) is 6.22. The molecule has 0 saturated heterocycles. The first-order valence-electron chi connectivity index (χ1n) is 6.22. The van der Waals surface area contributed by atoms with Crippen molar-refractivity contribution in [2.45, 2.75) is 26.9 Å². The maximum absolute atomic E-state index is 5.61. The van der Waals surface area contributed by atoms with Gasteiger partial charge in [-0.3, -0.25) is 0 Å². The van der Waals surface area contributed by atoms with E-state index < -0.39 is 0 Å². The molecular formula is C14H23NO2. The normalized spacial score (nSPS) is 12.4. The molecule has 0 bridgehead atoms. The second-order valence-corrected chi connectivity index (χ2v) is 4.14. The molecule has 1 aromatic carbocycles. The minimum absolute atomic E-state index is 0.161. The minimum atomic E-state index is 0.161. The maximum Gasteiger partial charge on any atom is 0.0781 e. The van der Waals surface area contributed by atoms with Crippen LogP contribution in [-0.4, -0.2) is 32.5 Å². The van der Waals surface area contributed by atoms with Gasteiger partial charge in [-0.05, 0) is 38.5 Å². The van der Waals surface area contributed by atoms with Gasteiger partial charge in [-0.2, -0.15) is 0 Å². The van der Waals surface area contributed by atoms with Crippen molar-refractivity contribution < 1.29 is 9.47 Å². The van der Waals surface area contributed by atoms with Crippen molar-refractivity contribution in [3.8, 4) is 0 Å². The molecule has 0 aliphatic heterocycles. The van der Waals surface area contributed by atoms with Crippen molar-refractivity contribution in [2.24, 2.45) is 0 Å². The molecule has 0 heterocycles. The number of benzene rings is 1. The zero-order chi connectivity index (χ0) is 12.5. The van der Waals surface area contributed by atoms with Gasteiger partial charge in [-0.15, -0.1) is 0 Å². The van der Waals surface area contributed by atoms with Gasteiger partial charge in [0, 0.05) is 18.8 Å². The molecule has 0 amide bonds. The van der Waals surface area contributed by atoms with Gasteiger partial charge in [0.2, 0.25) is 0 Å². The highest BCUT2D eigenvalue weighted by Crippen LogP contribution is 2.08. The summed E-state index contributed by atoms with van der Waals surface area (Å²) in [4.78, 5) is 0. The molecule has 0 fully saturated rings. The van der Waals surface area contributed by atoms with Crippen LogP contribution in [0.1, 0.15) is 19.4 Å². The van der Waals surface area contributed by atoms with Gasteiger partial charge in [0.15, 0.2) is 0 Å². The molecule has 0 aliphatic rings. The summed E-state index contributed by atoms with van der Waals surface area (Å²) in [5.74, 6) is 0. The molecule has 17 heavy (non-hydrogen) atoms. The van der Waals surface area contributed by atoms with Crippen LogP contribution in [0.5, 0.6) is 0 Å². The van der Waals surface area contributed by atoms with Crippen molar-refractivity contribution >= 4 is 5.69 Å². The van der Waals surface area contributed by atoms with Crippen molar-refractivity contribution in [2.75, 3.05) is 31.7 Å². The lowest BCUT2D eigenvalue weighted by atomic mass is 10.2. The van der Waals surface area contributed by atoms with E-state index in [9.17, 15) is 0 Å². The van der Waals surface area contributed by atoms with E-state index in [0.29, 0.717) is 13.2 Å². The lowest BCUT2D eigenvalue weighted by Gasteiger charge is -2.13. The summed E-state index contributed by atoms with van der Waals surface area (Å²) in [7, 11) is 0. The average molecular weight is 237 g/mol. The van der Waals surface area contributed by atoms with Crippen LogP contribution >= 0.6 is 0 Å². The SMILES string of the molecule is CCOCC(C)OCCNc1cccc(C)c1. The number of rotatable bonds is 8. The monoisotopic (exact) mass is 237 g/mol. The zero-order valence-electron chi connectivity index (χ0n) is 11.0. The summed E-state index contributed by atoms with van der Waals surface area (Å²) in [5, 5.41) is 3.33. The van der Waals surface area contributed by atoms with Crippen molar-refractivity contribution in [3.63, 3.8) is 0 Å². The number of anilines is 1. The summed E-state index contributed by atoms with van der Waals surface area (Å²) in [6, 6.07) is 8.34. The molecule has 1 rings (SSSR count). The Balaban J connectivity index is 2.11. The van der Waals surface area contributed by atoms with Crippen LogP contribution in [0.4, 0.5) is 5.69 Å². The predicted octanol–water partition coefficient (Wildman–Crippen LogP) is 2.85. The summed E-state index contributed by atoms with van der Waals surface area (Å²) < 4.78 is 10.9. The van der Waals surface area contributed by atoms with E-state index in [0.717, 1.165) is 18.8 Å². The number of hydrogen-bond acceptors (Lipinski definition) is 3. The Morgan fingerprint density at radius 3 is 2.88 bits per heavy atom. The molecule has 96 valence electrons. The van der Waals surface area contributed by atoms with E-state index in [-0.39, 0.29) is 6.10 Å². The number of ether oxygens (including phenoxy) is 2. The molecule has 1 aromatic rings. The maximum atomic E-state index is 5.61. The Kier molecular flexibility index (Phi) is 6.67. The number of hydrogen-bond donors (Lipinski definition) is 1. The first kappa shape index (κ1) is 14.0. The Morgan fingerprint density at radius 2 is 2.18 bits per heavy atom. The smallest absolute Gasteiger partial charge is 0.0781 e. The fraction of sp³-hybridized carbons (Fsp3) is 0.571. The highest BCUT2D eigenvalue weighted by molar-refractivity contribution is 5.45. The van der Waals surface area contributed by atoms with Gasteiger partial charge >= 0.3 is 0 Å². The van der Waals surface area contributed by atoms with Crippen LogP contribution in [0, 0.1) is 6.92 Å². The van der Waals surface area contributed by atoms with Gasteiger partial charge in [-0.25, -0.2) is 0 Å². The molecule has 0 aliphatic carbocycles. The minimum Gasteiger partial charge on any atom is -0.383 e. The summed E-state index contributed by atoms with van der Waals surface area (Å²) >= 11 is 0. The highest BCUT2D eigenvalue weighted by atomic mass is 16.5. The quantitative estimate of drug-likeness (QED) is 0.705. The Bertz CT molecular complexity index is 315. The summed E-state index contributed by atoms with van der Waals surface area (Å²) in [6.07, 6.45) is 0.161. The van der Waals surface area contributed by atoms with Crippen LogP contribution < -0.4 is 5.32 Å². The second-order valence-electron chi connectivity index (χ2n) is 4.14. The predicted molar refractivity (Wildman–Crippen MR) is 71.6 cm³/mol. The van der Waals surface area contributed by atoms with Gasteiger partial charge < -0.3 is 14.8 Å². The third kappa shape index (κ3) is 6.29. The van der Waals surface area contributed by atoms with Crippen LogP contribution in [0.15, 0.2) is 24.3 Å². The Hall–Kier alpha value is -1.06. The number of aryl methyl sites for hydroxylation is 1. The topological polar surface area (TPSA) is 30.5 Å². The molecule has 1 unspecified atom stereocenters. The third-order valence-corrected chi connectivity index (χ3v) is 2.41. The molecule has 3 nitrogen and oxygen atoms in total. The van der Waals surface area contributed by atoms with E-state index in [1.54, 1.807) is 0 Å². The van der Waals surface area contributed by atoms with E-state index in [1.807, 2.05) is 13.8 Å². The molecular weight excluding hydrogens is 214 g/mol. The van der Waals surface area contributed by atoms with Crippen LogP contribution in [-0.2, 0) is 9.47 Å². The zero-order valence-corrected chi connectivity index (χ0v) is 11.0. The van der Waals surface area contributed by atoms with Crippen molar-refractivity contribution in [3.05, 3.63) is 29.8 Å². The lowest BCUT2D eigenvalue weighted by Crippen LogP contribution is -2.20. The molecule has 1 atom stereocenters. The highest BCUT2D eigenvalue weighted by Gasteiger charge is 2.00. The van der Waals surface area contributed by atoms with Gasteiger partial charge in [0.1, 0.15) is 0 Å². The summed E-state index contributed by atoms with van der Waals surface area (Å²) in [6.45, 7) is 9.04. The van der Waals surface area contributed by atoms with Gasteiger partial charge in [0.25, 0.3) is 0 Å². The van der Waals surface area contributed by atoms with Crippen LogP contribution in [0.25, 0.3) is 0 Å². The molecule has 0 radical (unpaired) electrons. The van der Waals surface area contributed by atoms with Crippen LogP contribution in [0.2, 0.25) is 0 Å². The Morgan fingerprint density at radius 1 is 1.35 bits per heavy atom. The second kappa shape index (κ2) is 8.09. The molecule has 3 heteroatoms. The fourth-order valence-corrected chi connectivity index (χ4v) is 1.54. The van der Waals surface area contributed by atoms with Crippen LogP contribution in [0.3, 0.4) is 0 Å². The van der Waals surface area contributed by atoms with E-state index in [1.165, 1.54) is 5.56 Å². The molecule has 1 N–H and O–H groups in total. The average Bonchev–Trinajstić information content (AvgIpc) is 2.32. The van der Waals surface area contributed by atoms with Gasteiger partial charge in [-0.1, -0.05) is 12.1 Å². The largest absolute Gasteiger partial charge is 0.383 e. The summed E-state index contributed by atoms with van der Waals surface area (Å²) in [5.41, 5.74) is 2.41. The Labute approximate surface area is 104 Å². The lowest BCUT2D eigenvalue weighted by molar-refractivity contribution is 0.000870. The molecule has 0 saturated carbocycles. The van der Waals surface area contributed by atoms with Gasteiger partial charge in [0.05, 0.1) is 19.3 Å². The third-order valence-electron chi connectivity index (χ3n) is 2.41. The van der Waals surface area contributed by atoms with E-state index in [4.69, 9.17) is 9.47 Å². The first-order chi connectivity index (χ1) is 8.22.